The Kier molecular flexibility index (Phi) is 5.32. The van der Waals surface area contributed by atoms with Crippen molar-refractivity contribution < 1.29 is 19.2 Å². The molecule has 2 aromatic carbocycles. The second-order valence-corrected chi connectivity index (χ2v) is 6.66. The quantitative estimate of drug-likeness (QED) is 0.357. The summed E-state index contributed by atoms with van der Waals surface area (Å²) in [6, 6.07) is 11.2. The van der Waals surface area contributed by atoms with Gasteiger partial charge in [0.2, 0.25) is 5.75 Å². The van der Waals surface area contributed by atoms with Crippen LogP contribution in [0.4, 0.5) is 11.4 Å². The van der Waals surface area contributed by atoms with E-state index < -0.39 is 16.7 Å². The third-order valence-corrected chi connectivity index (χ3v) is 4.09. The predicted octanol–water partition coefficient (Wildman–Crippen LogP) is 3.50. The van der Waals surface area contributed by atoms with Gasteiger partial charge in [-0.1, -0.05) is 29.8 Å². The van der Waals surface area contributed by atoms with Crippen molar-refractivity contribution in [3.05, 3.63) is 68.7 Å². The highest BCUT2D eigenvalue weighted by Gasteiger charge is 2.34. The van der Waals surface area contributed by atoms with Gasteiger partial charge in [-0.3, -0.25) is 25.1 Å². The Bertz CT molecular complexity index is 989. The number of halogens is 1. The number of nitro groups is 1. The van der Waals surface area contributed by atoms with Gasteiger partial charge in [-0.05, 0) is 43.7 Å². The van der Waals surface area contributed by atoms with Crippen LogP contribution in [0, 0.1) is 10.1 Å². The van der Waals surface area contributed by atoms with Crippen LogP contribution in [0.25, 0.3) is 6.08 Å². The van der Waals surface area contributed by atoms with Gasteiger partial charge in [0.15, 0.2) is 0 Å². The number of nitro benzene ring substituents is 1. The van der Waals surface area contributed by atoms with Gasteiger partial charge in [0.05, 0.1) is 21.7 Å². The number of benzene rings is 2. The summed E-state index contributed by atoms with van der Waals surface area (Å²) < 4.78 is 5.43. The minimum Gasteiger partial charge on any atom is -0.483 e. The molecule has 2 aromatic rings. The molecule has 8 nitrogen and oxygen atoms in total. The minimum absolute atomic E-state index is 0.0144. The minimum atomic E-state index is -0.627. The number of para-hydroxylation sites is 1. The van der Waals surface area contributed by atoms with Gasteiger partial charge >= 0.3 is 5.69 Å². The van der Waals surface area contributed by atoms with Crippen LogP contribution >= 0.6 is 11.6 Å². The zero-order chi connectivity index (χ0) is 20.4. The van der Waals surface area contributed by atoms with Crippen molar-refractivity contribution in [2.75, 3.05) is 5.01 Å². The lowest BCUT2D eigenvalue weighted by molar-refractivity contribution is -0.386. The molecule has 1 aliphatic rings. The lowest BCUT2D eigenvalue weighted by atomic mass is 10.1. The Hall–Kier alpha value is -3.39. The predicted molar refractivity (Wildman–Crippen MR) is 104 cm³/mol. The van der Waals surface area contributed by atoms with E-state index in [1.54, 1.807) is 44.2 Å². The molecule has 144 valence electrons. The molecule has 3 rings (SSSR count). The summed E-state index contributed by atoms with van der Waals surface area (Å²) in [5.74, 6) is -1.25. The number of ether oxygens (including phenoxy) is 1. The Morgan fingerprint density at radius 3 is 2.50 bits per heavy atom. The fourth-order valence-electron chi connectivity index (χ4n) is 2.65. The topological polar surface area (TPSA) is 102 Å². The van der Waals surface area contributed by atoms with E-state index in [0.29, 0.717) is 5.69 Å². The molecular formula is C19H16ClN3O5. The molecule has 0 aromatic heterocycles. The summed E-state index contributed by atoms with van der Waals surface area (Å²) in [5, 5.41) is 12.5. The molecule has 2 amide bonds. The Morgan fingerprint density at radius 2 is 1.89 bits per heavy atom. The van der Waals surface area contributed by atoms with Crippen LogP contribution in [0.5, 0.6) is 5.75 Å². The summed E-state index contributed by atoms with van der Waals surface area (Å²) in [5.41, 5.74) is 2.69. The molecule has 0 bridgehead atoms. The smallest absolute Gasteiger partial charge is 0.313 e. The third kappa shape index (κ3) is 3.81. The average molecular weight is 402 g/mol. The Morgan fingerprint density at radius 1 is 1.21 bits per heavy atom. The highest BCUT2D eigenvalue weighted by Crippen LogP contribution is 2.37. The van der Waals surface area contributed by atoms with Crippen molar-refractivity contribution in [3.8, 4) is 5.75 Å². The maximum atomic E-state index is 12.6. The van der Waals surface area contributed by atoms with Crippen molar-refractivity contribution in [1.82, 2.24) is 5.43 Å². The molecule has 0 atom stereocenters. The van der Waals surface area contributed by atoms with Crippen LogP contribution in [0.15, 0.2) is 48.0 Å². The molecule has 1 heterocycles. The van der Waals surface area contributed by atoms with Crippen molar-refractivity contribution in [1.29, 1.82) is 0 Å². The summed E-state index contributed by atoms with van der Waals surface area (Å²) >= 11 is 6.15. The zero-order valence-electron chi connectivity index (χ0n) is 15.0. The number of hydrazine groups is 1. The van der Waals surface area contributed by atoms with E-state index >= 15 is 0 Å². The van der Waals surface area contributed by atoms with Crippen LogP contribution in [0.3, 0.4) is 0 Å². The van der Waals surface area contributed by atoms with E-state index in [-0.39, 0.29) is 33.7 Å². The third-order valence-electron chi connectivity index (χ3n) is 3.81. The summed E-state index contributed by atoms with van der Waals surface area (Å²) in [4.78, 5) is 35.7. The number of hydrogen-bond donors (Lipinski definition) is 1. The van der Waals surface area contributed by atoms with Gasteiger partial charge in [0.25, 0.3) is 11.8 Å². The van der Waals surface area contributed by atoms with E-state index in [1.807, 2.05) is 0 Å². The van der Waals surface area contributed by atoms with Crippen molar-refractivity contribution in [2.24, 2.45) is 0 Å². The maximum Gasteiger partial charge on any atom is 0.313 e. The van der Waals surface area contributed by atoms with Crippen LogP contribution in [0.2, 0.25) is 5.02 Å². The molecule has 28 heavy (non-hydrogen) atoms. The van der Waals surface area contributed by atoms with Crippen LogP contribution < -0.4 is 15.2 Å². The first-order valence-electron chi connectivity index (χ1n) is 8.34. The van der Waals surface area contributed by atoms with Crippen LogP contribution in [-0.2, 0) is 9.59 Å². The highest BCUT2D eigenvalue weighted by atomic mass is 35.5. The largest absolute Gasteiger partial charge is 0.483 e. The molecule has 0 radical (unpaired) electrons. The molecular weight excluding hydrogens is 386 g/mol. The number of hydrogen-bond acceptors (Lipinski definition) is 5. The van der Waals surface area contributed by atoms with Gasteiger partial charge in [-0.2, -0.15) is 0 Å². The van der Waals surface area contributed by atoms with E-state index in [9.17, 15) is 19.7 Å². The summed E-state index contributed by atoms with van der Waals surface area (Å²) in [6.07, 6.45) is 0.945. The van der Waals surface area contributed by atoms with Crippen molar-refractivity contribution in [2.45, 2.75) is 20.0 Å². The van der Waals surface area contributed by atoms with Gasteiger partial charge < -0.3 is 4.74 Å². The number of nitrogens with one attached hydrogen (secondary N) is 1. The molecule has 0 aliphatic carbocycles. The SMILES string of the molecule is CC(C)Oc1c(Cl)cc(C=C2C(=O)NN(c3ccccc3)C2=O)cc1[N+](=O)[O-]. The van der Waals surface area contributed by atoms with Crippen LogP contribution in [-0.4, -0.2) is 22.8 Å². The lowest BCUT2D eigenvalue weighted by Gasteiger charge is -2.14. The molecule has 1 aliphatic heterocycles. The van der Waals surface area contributed by atoms with Crippen molar-refractivity contribution >= 4 is 40.9 Å². The fraction of sp³-hybridized carbons (Fsp3) is 0.158. The fourth-order valence-corrected chi connectivity index (χ4v) is 2.92. The molecule has 1 fully saturated rings. The van der Waals surface area contributed by atoms with Gasteiger partial charge in [-0.15, -0.1) is 0 Å². The molecule has 1 saturated heterocycles. The van der Waals surface area contributed by atoms with Crippen LogP contribution in [0.1, 0.15) is 19.4 Å². The highest BCUT2D eigenvalue weighted by molar-refractivity contribution is 6.33. The van der Waals surface area contributed by atoms with Gasteiger partial charge in [0.1, 0.15) is 5.57 Å². The molecule has 0 saturated carbocycles. The lowest BCUT2D eigenvalue weighted by Crippen LogP contribution is -2.35. The maximum absolute atomic E-state index is 12.6. The first-order chi connectivity index (χ1) is 13.3. The number of carbonyl (C=O) groups excluding carboxylic acids is 2. The molecule has 0 unspecified atom stereocenters. The first-order valence-corrected chi connectivity index (χ1v) is 8.72. The van der Waals surface area contributed by atoms with E-state index in [2.05, 4.69) is 5.43 Å². The number of nitrogens with zero attached hydrogens (tertiary/aromatic N) is 2. The molecule has 9 heteroatoms. The monoisotopic (exact) mass is 401 g/mol. The van der Waals surface area contributed by atoms with E-state index in [0.717, 1.165) is 5.01 Å². The van der Waals surface area contributed by atoms with E-state index in [4.69, 9.17) is 16.3 Å². The van der Waals surface area contributed by atoms with E-state index in [1.165, 1.54) is 18.2 Å². The first kappa shape index (κ1) is 19.4. The normalized spacial score (nSPS) is 15.3. The van der Waals surface area contributed by atoms with Crippen molar-refractivity contribution in [3.63, 3.8) is 0 Å². The summed E-state index contributed by atoms with van der Waals surface area (Å²) in [7, 11) is 0. The number of rotatable bonds is 5. The zero-order valence-corrected chi connectivity index (χ0v) is 15.8. The van der Waals surface area contributed by atoms with Gasteiger partial charge in [0, 0.05) is 6.07 Å². The number of anilines is 1. The molecule has 1 N–H and O–H groups in total. The Balaban J connectivity index is 2.00. The second kappa shape index (κ2) is 7.69. The molecule has 0 spiro atoms. The second-order valence-electron chi connectivity index (χ2n) is 6.25. The number of amides is 2. The van der Waals surface area contributed by atoms with Gasteiger partial charge in [-0.25, -0.2) is 5.01 Å². The average Bonchev–Trinajstić information content (AvgIpc) is 2.92. The summed E-state index contributed by atoms with van der Waals surface area (Å²) in [6.45, 7) is 3.44. The standard InChI is InChI=1S/C19H16ClN3O5/c1-11(2)28-17-15(20)9-12(10-16(17)23(26)27)8-14-18(24)21-22(19(14)25)13-6-4-3-5-7-13/h3-11H,1-2H3,(H,21,24). The Labute approximate surface area is 165 Å². The number of carbonyl (C=O) groups is 2.